The Kier molecular flexibility index (Phi) is 3.29. The summed E-state index contributed by atoms with van der Waals surface area (Å²) in [6.07, 6.45) is 3.54. The largest absolute Gasteiger partial charge is 0.399 e. The van der Waals surface area contributed by atoms with Gasteiger partial charge in [-0.2, -0.15) is 0 Å². The smallest absolute Gasteiger partial charge is 0.132 e. The molecule has 0 bridgehead atoms. The SMILES string of the molecule is Nc1ccc(C=CCBr)c(F)c1. The first-order valence-corrected chi connectivity index (χ1v) is 4.63. The number of nitrogens with two attached hydrogens (primary N) is 1. The van der Waals surface area contributed by atoms with E-state index in [1.165, 1.54) is 6.07 Å². The number of allylic oxidation sites excluding steroid dienone is 1. The molecule has 12 heavy (non-hydrogen) atoms. The van der Waals surface area contributed by atoms with Crippen molar-refractivity contribution in [2.45, 2.75) is 0 Å². The van der Waals surface area contributed by atoms with Gasteiger partial charge in [0.15, 0.2) is 0 Å². The van der Waals surface area contributed by atoms with Crippen molar-refractivity contribution in [3.63, 3.8) is 0 Å². The highest BCUT2D eigenvalue weighted by molar-refractivity contribution is 9.09. The number of alkyl halides is 1. The first-order chi connectivity index (χ1) is 5.74. The molecular weight excluding hydrogens is 221 g/mol. The molecule has 0 fully saturated rings. The number of hydrogen-bond acceptors (Lipinski definition) is 1. The van der Waals surface area contributed by atoms with Crippen LogP contribution in [0.3, 0.4) is 0 Å². The van der Waals surface area contributed by atoms with Crippen LogP contribution in [-0.2, 0) is 0 Å². The molecule has 1 aromatic rings. The lowest BCUT2D eigenvalue weighted by molar-refractivity contribution is 0.626. The zero-order valence-corrected chi connectivity index (χ0v) is 8.01. The summed E-state index contributed by atoms with van der Waals surface area (Å²) in [5.74, 6) is -0.285. The maximum Gasteiger partial charge on any atom is 0.132 e. The first kappa shape index (κ1) is 9.26. The second kappa shape index (κ2) is 4.26. The summed E-state index contributed by atoms with van der Waals surface area (Å²) in [7, 11) is 0. The van der Waals surface area contributed by atoms with Gasteiger partial charge in [-0.25, -0.2) is 4.39 Å². The predicted molar refractivity (Wildman–Crippen MR) is 53.6 cm³/mol. The third-order valence-corrected chi connectivity index (χ3v) is 1.78. The number of rotatable bonds is 2. The quantitative estimate of drug-likeness (QED) is 0.613. The molecule has 1 aromatic carbocycles. The van der Waals surface area contributed by atoms with Crippen molar-refractivity contribution >= 4 is 27.7 Å². The molecule has 3 heteroatoms. The summed E-state index contributed by atoms with van der Waals surface area (Å²) in [4.78, 5) is 0. The van der Waals surface area contributed by atoms with Crippen molar-refractivity contribution in [2.75, 3.05) is 11.1 Å². The molecule has 0 radical (unpaired) electrons. The molecule has 0 aliphatic rings. The summed E-state index contributed by atoms with van der Waals surface area (Å²) in [6, 6.07) is 4.65. The van der Waals surface area contributed by atoms with E-state index in [0.29, 0.717) is 11.3 Å². The van der Waals surface area contributed by atoms with Crippen LogP contribution in [0, 0.1) is 5.82 Å². The van der Waals surface area contributed by atoms with Crippen LogP contribution < -0.4 is 5.73 Å². The standard InChI is InChI=1S/C9H9BrFN/c10-5-1-2-7-3-4-8(12)6-9(7)11/h1-4,6H,5,12H2. The minimum Gasteiger partial charge on any atom is -0.399 e. The van der Waals surface area contributed by atoms with E-state index >= 15 is 0 Å². The highest BCUT2D eigenvalue weighted by atomic mass is 79.9. The summed E-state index contributed by atoms with van der Waals surface area (Å²) in [6.45, 7) is 0. The van der Waals surface area contributed by atoms with E-state index in [2.05, 4.69) is 15.9 Å². The number of anilines is 1. The van der Waals surface area contributed by atoms with Gasteiger partial charge in [0.25, 0.3) is 0 Å². The minimum atomic E-state index is -0.285. The van der Waals surface area contributed by atoms with Crippen molar-refractivity contribution in [2.24, 2.45) is 0 Å². The van der Waals surface area contributed by atoms with Gasteiger partial charge in [-0.3, -0.25) is 0 Å². The second-order valence-electron chi connectivity index (χ2n) is 2.34. The van der Waals surface area contributed by atoms with Crippen LogP contribution in [0.1, 0.15) is 5.56 Å². The monoisotopic (exact) mass is 229 g/mol. The van der Waals surface area contributed by atoms with Gasteiger partial charge in [-0.1, -0.05) is 34.1 Å². The number of halogens is 2. The molecule has 0 aromatic heterocycles. The van der Waals surface area contributed by atoms with Crippen LogP contribution in [0.4, 0.5) is 10.1 Å². The van der Waals surface area contributed by atoms with Crippen molar-refractivity contribution in [3.8, 4) is 0 Å². The third kappa shape index (κ3) is 2.34. The van der Waals surface area contributed by atoms with Crippen molar-refractivity contribution in [1.29, 1.82) is 0 Å². The Morgan fingerprint density at radius 3 is 2.83 bits per heavy atom. The summed E-state index contributed by atoms with van der Waals surface area (Å²) < 4.78 is 13.0. The molecule has 0 aliphatic carbocycles. The Morgan fingerprint density at radius 2 is 2.25 bits per heavy atom. The molecule has 0 aliphatic heterocycles. The Labute approximate surface area is 79.2 Å². The van der Waals surface area contributed by atoms with E-state index in [-0.39, 0.29) is 5.82 Å². The molecule has 0 heterocycles. The van der Waals surface area contributed by atoms with Crippen LogP contribution in [0.15, 0.2) is 24.3 Å². The van der Waals surface area contributed by atoms with Crippen LogP contribution in [-0.4, -0.2) is 5.33 Å². The van der Waals surface area contributed by atoms with Crippen LogP contribution in [0.5, 0.6) is 0 Å². The number of benzene rings is 1. The van der Waals surface area contributed by atoms with Gasteiger partial charge in [-0.05, 0) is 12.1 Å². The molecule has 0 spiro atoms. The average Bonchev–Trinajstić information content (AvgIpc) is 2.03. The Morgan fingerprint density at radius 1 is 1.50 bits per heavy atom. The molecule has 0 atom stereocenters. The van der Waals surface area contributed by atoms with Gasteiger partial charge in [0.05, 0.1) is 0 Å². The molecule has 0 saturated heterocycles. The maximum atomic E-state index is 13.0. The first-order valence-electron chi connectivity index (χ1n) is 3.51. The second-order valence-corrected chi connectivity index (χ2v) is 2.99. The van der Waals surface area contributed by atoms with E-state index in [1.807, 2.05) is 6.08 Å². The van der Waals surface area contributed by atoms with E-state index < -0.39 is 0 Å². The summed E-state index contributed by atoms with van der Waals surface area (Å²) >= 11 is 3.21. The summed E-state index contributed by atoms with van der Waals surface area (Å²) in [5.41, 5.74) is 6.39. The highest BCUT2D eigenvalue weighted by Crippen LogP contribution is 2.13. The maximum absolute atomic E-state index is 13.0. The molecule has 0 amide bonds. The lowest BCUT2D eigenvalue weighted by Crippen LogP contribution is -1.88. The average molecular weight is 230 g/mol. The number of nitrogen functional groups attached to an aromatic ring is 1. The normalized spacial score (nSPS) is 10.8. The predicted octanol–water partition coefficient (Wildman–Crippen LogP) is 2.82. The molecule has 1 rings (SSSR count). The molecule has 0 unspecified atom stereocenters. The zero-order valence-electron chi connectivity index (χ0n) is 6.43. The fourth-order valence-corrected chi connectivity index (χ4v) is 1.04. The Bertz CT molecular complexity index is 297. The molecule has 0 saturated carbocycles. The summed E-state index contributed by atoms with van der Waals surface area (Å²) in [5, 5.41) is 0.719. The topological polar surface area (TPSA) is 26.0 Å². The fourth-order valence-electron chi connectivity index (χ4n) is 0.850. The van der Waals surface area contributed by atoms with Crippen LogP contribution in [0.2, 0.25) is 0 Å². The number of hydrogen-bond donors (Lipinski definition) is 1. The molecule has 64 valence electrons. The Hall–Kier alpha value is -0.830. The third-order valence-electron chi connectivity index (χ3n) is 1.41. The van der Waals surface area contributed by atoms with E-state index in [0.717, 1.165) is 5.33 Å². The van der Waals surface area contributed by atoms with Gasteiger partial charge in [0.2, 0.25) is 0 Å². The van der Waals surface area contributed by atoms with Crippen LogP contribution >= 0.6 is 15.9 Å². The van der Waals surface area contributed by atoms with Crippen molar-refractivity contribution in [3.05, 3.63) is 35.7 Å². The van der Waals surface area contributed by atoms with Gasteiger partial charge in [0, 0.05) is 16.6 Å². The van der Waals surface area contributed by atoms with Gasteiger partial charge >= 0.3 is 0 Å². The molecular formula is C9H9BrFN. The highest BCUT2D eigenvalue weighted by Gasteiger charge is 1.96. The van der Waals surface area contributed by atoms with E-state index in [1.54, 1.807) is 18.2 Å². The molecule has 2 N–H and O–H groups in total. The van der Waals surface area contributed by atoms with E-state index in [4.69, 9.17) is 5.73 Å². The van der Waals surface area contributed by atoms with E-state index in [9.17, 15) is 4.39 Å². The fraction of sp³-hybridized carbons (Fsp3) is 0.111. The zero-order chi connectivity index (χ0) is 8.97. The lowest BCUT2D eigenvalue weighted by atomic mass is 10.2. The van der Waals surface area contributed by atoms with Gasteiger partial charge in [0.1, 0.15) is 5.82 Å². The van der Waals surface area contributed by atoms with Crippen molar-refractivity contribution in [1.82, 2.24) is 0 Å². The Balaban J connectivity index is 2.94. The van der Waals surface area contributed by atoms with Crippen molar-refractivity contribution < 1.29 is 4.39 Å². The minimum absolute atomic E-state index is 0.285. The lowest BCUT2D eigenvalue weighted by Gasteiger charge is -1.97. The molecule has 1 nitrogen and oxygen atoms in total. The van der Waals surface area contributed by atoms with Crippen LogP contribution in [0.25, 0.3) is 6.08 Å². The van der Waals surface area contributed by atoms with Gasteiger partial charge in [-0.15, -0.1) is 0 Å². The van der Waals surface area contributed by atoms with Gasteiger partial charge < -0.3 is 5.73 Å².